The number of hydrogen-bond acceptors (Lipinski definition) is 5. The molecule has 2 aliphatic rings. The first-order valence-corrected chi connectivity index (χ1v) is 8.74. The molecule has 1 saturated heterocycles. The van der Waals surface area contributed by atoms with Crippen LogP contribution in [0.15, 0.2) is 23.1 Å². The van der Waals surface area contributed by atoms with E-state index in [4.69, 9.17) is 5.11 Å². The first kappa shape index (κ1) is 14.4. The topological polar surface area (TPSA) is 104 Å². The molecule has 0 radical (unpaired) electrons. The third kappa shape index (κ3) is 2.41. The van der Waals surface area contributed by atoms with Crippen molar-refractivity contribution < 1.29 is 23.1 Å². The van der Waals surface area contributed by atoms with Crippen LogP contribution in [0.3, 0.4) is 0 Å². The highest BCUT2D eigenvalue weighted by molar-refractivity contribution is 8.00. The normalized spacial score (nSPS) is 22.1. The maximum absolute atomic E-state index is 12.6. The molecular formula is C12H12N2O5S2. The molecular weight excluding hydrogens is 316 g/mol. The summed E-state index contributed by atoms with van der Waals surface area (Å²) in [7, 11) is -3.88. The predicted molar refractivity (Wildman–Crippen MR) is 76.5 cm³/mol. The molecule has 0 saturated carbocycles. The van der Waals surface area contributed by atoms with Gasteiger partial charge in [0.05, 0.1) is 17.2 Å². The first-order chi connectivity index (χ1) is 9.89. The molecule has 2 aliphatic heterocycles. The average molecular weight is 328 g/mol. The lowest BCUT2D eigenvalue weighted by molar-refractivity contribution is -0.140. The number of fused-ring (bicyclic) bond motifs is 1. The van der Waals surface area contributed by atoms with E-state index in [9.17, 15) is 18.0 Å². The molecule has 0 aromatic heterocycles. The number of thioether (sulfide) groups is 1. The van der Waals surface area contributed by atoms with E-state index >= 15 is 0 Å². The lowest BCUT2D eigenvalue weighted by atomic mass is 10.2. The lowest BCUT2D eigenvalue weighted by Gasteiger charge is -2.20. The Balaban J connectivity index is 1.98. The average Bonchev–Trinajstić information content (AvgIpc) is 3.02. The van der Waals surface area contributed by atoms with Gasteiger partial charge < -0.3 is 10.4 Å². The number of hydrogen-bond donors (Lipinski definition) is 2. The second kappa shape index (κ2) is 5.00. The number of anilines is 1. The highest BCUT2D eigenvalue weighted by atomic mass is 32.2. The van der Waals surface area contributed by atoms with Crippen LogP contribution in [-0.2, 0) is 26.0 Å². The van der Waals surface area contributed by atoms with Gasteiger partial charge in [-0.1, -0.05) is 0 Å². The summed E-state index contributed by atoms with van der Waals surface area (Å²) < 4.78 is 26.1. The predicted octanol–water partition coefficient (Wildman–Crippen LogP) is 0.329. The fourth-order valence-corrected chi connectivity index (χ4v) is 5.55. The molecule has 1 aromatic rings. The minimum absolute atomic E-state index is 0.0199. The Bertz CT molecular complexity index is 731. The zero-order valence-electron chi connectivity index (χ0n) is 10.8. The summed E-state index contributed by atoms with van der Waals surface area (Å²) in [6.45, 7) is 0. The summed E-state index contributed by atoms with van der Waals surface area (Å²) in [5, 5.41) is 11.7. The molecule has 1 atom stereocenters. The quantitative estimate of drug-likeness (QED) is 0.829. The second-order valence-electron chi connectivity index (χ2n) is 4.79. The van der Waals surface area contributed by atoms with E-state index in [1.54, 1.807) is 0 Å². The van der Waals surface area contributed by atoms with Gasteiger partial charge >= 0.3 is 5.97 Å². The van der Waals surface area contributed by atoms with Crippen LogP contribution >= 0.6 is 11.8 Å². The molecule has 21 heavy (non-hydrogen) atoms. The first-order valence-electron chi connectivity index (χ1n) is 6.15. The summed E-state index contributed by atoms with van der Waals surface area (Å²) in [6, 6.07) is 3.31. The van der Waals surface area contributed by atoms with E-state index in [0.717, 1.165) is 4.31 Å². The largest absolute Gasteiger partial charge is 0.480 e. The Labute approximate surface area is 125 Å². The molecule has 2 heterocycles. The SMILES string of the molecule is O=C1Cc2cc(S(=O)(=O)N3CSC[C@H]3C(=O)O)ccc2N1. The molecule has 2 N–H and O–H groups in total. The van der Waals surface area contributed by atoms with Crippen LogP contribution in [0.4, 0.5) is 5.69 Å². The summed E-state index contributed by atoms with van der Waals surface area (Å²) in [5.41, 5.74) is 1.21. The number of carbonyl (C=O) groups is 2. The molecule has 7 nitrogen and oxygen atoms in total. The number of aliphatic carboxylic acids is 1. The fraction of sp³-hybridized carbons (Fsp3) is 0.333. The van der Waals surface area contributed by atoms with Gasteiger partial charge in [0.1, 0.15) is 6.04 Å². The van der Waals surface area contributed by atoms with Crippen molar-refractivity contribution in [3.05, 3.63) is 23.8 Å². The number of sulfonamides is 1. The summed E-state index contributed by atoms with van der Waals surface area (Å²) in [5.74, 6) is -0.978. The van der Waals surface area contributed by atoms with Crippen LogP contribution in [0.5, 0.6) is 0 Å². The summed E-state index contributed by atoms with van der Waals surface area (Å²) >= 11 is 1.27. The molecule has 1 amide bonds. The van der Waals surface area contributed by atoms with Gasteiger partial charge in [-0.3, -0.25) is 9.59 Å². The van der Waals surface area contributed by atoms with Crippen LogP contribution in [-0.4, -0.2) is 47.4 Å². The molecule has 1 aromatic carbocycles. The number of benzene rings is 1. The van der Waals surface area contributed by atoms with Crippen molar-refractivity contribution >= 4 is 39.3 Å². The number of carbonyl (C=O) groups excluding carboxylic acids is 1. The molecule has 0 aliphatic carbocycles. The van der Waals surface area contributed by atoms with E-state index in [1.165, 1.54) is 30.0 Å². The van der Waals surface area contributed by atoms with E-state index in [-0.39, 0.29) is 28.9 Å². The van der Waals surface area contributed by atoms with Crippen molar-refractivity contribution in [2.24, 2.45) is 0 Å². The van der Waals surface area contributed by atoms with Gasteiger partial charge in [0.25, 0.3) is 0 Å². The van der Waals surface area contributed by atoms with Crippen LogP contribution in [0.25, 0.3) is 0 Å². The maximum atomic E-state index is 12.6. The number of nitrogens with one attached hydrogen (secondary N) is 1. The number of carboxylic acid groups (broad SMARTS) is 1. The van der Waals surface area contributed by atoms with Crippen LogP contribution in [0, 0.1) is 0 Å². The Kier molecular flexibility index (Phi) is 3.42. The number of rotatable bonds is 3. The van der Waals surface area contributed by atoms with Gasteiger partial charge in [-0.2, -0.15) is 4.31 Å². The molecule has 0 spiro atoms. The number of carboxylic acids is 1. The molecule has 0 bridgehead atoms. The van der Waals surface area contributed by atoms with Gasteiger partial charge in [-0.05, 0) is 23.8 Å². The molecule has 112 valence electrons. The fourth-order valence-electron chi connectivity index (χ4n) is 2.36. The highest BCUT2D eigenvalue weighted by Gasteiger charge is 2.40. The summed E-state index contributed by atoms with van der Waals surface area (Å²) in [4.78, 5) is 22.5. The van der Waals surface area contributed by atoms with Gasteiger partial charge in [-0.25, -0.2) is 8.42 Å². The maximum Gasteiger partial charge on any atom is 0.322 e. The number of nitrogens with zero attached hydrogens (tertiary/aromatic N) is 1. The Morgan fingerprint density at radius 3 is 2.90 bits per heavy atom. The van der Waals surface area contributed by atoms with Crippen molar-refractivity contribution in [3.63, 3.8) is 0 Å². The van der Waals surface area contributed by atoms with Gasteiger partial charge in [0.15, 0.2) is 0 Å². The molecule has 1 fully saturated rings. The van der Waals surface area contributed by atoms with E-state index < -0.39 is 22.0 Å². The van der Waals surface area contributed by atoms with Crippen molar-refractivity contribution in [3.8, 4) is 0 Å². The second-order valence-corrected chi connectivity index (χ2v) is 7.68. The van der Waals surface area contributed by atoms with Gasteiger partial charge in [0, 0.05) is 11.4 Å². The smallest absolute Gasteiger partial charge is 0.322 e. The van der Waals surface area contributed by atoms with Crippen molar-refractivity contribution in [2.75, 3.05) is 16.9 Å². The lowest BCUT2D eigenvalue weighted by Crippen LogP contribution is -2.41. The van der Waals surface area contributed by atoms with Crippen LogP contribution < -0.4 is 5.32 Å². The summed E-state index contributed by atoms with van der Waals surface area (Å²) in [6.07, 6.45) is 0.135. The minimum Gasteiger partial charge on any atom is -0.480 e. The minimum atomic E-state index is -3.88. The molecule has 3 rings (SSSR count). The van der Waals surface area contributed by atoms with Crippen molar-refractivity contribution in [2.45, 2.75) is 17.4 Å². The highest BCUT2D eigenvalue weighted by Crippen LogP contribution is 2.31. The van der Waals surface area contributed by atoms with Gasteiger partial charge in [-0.15, -0.1) is 11.8 Å². The zero-order valence-corrected chi connectivity index (χ0v) is 12.4. The van der Waals surface area contributed by atoms with E-state index in [0.29, 0.717) is 11.3 Å². The van der Waals surface area contributed by atoms with E-state index in [1.807, 2.05) is 0 Å². The van der Waals surface area contributed by atoms with Crippen LogP contribution in [0.2, 0.25) is 0 Å². The van der Waals surface area contributed by atoms with Crippen molar-refractivity contribution in [1.29, 1.82) is 0 Å². The number of amides is 1. The molecule has 0 unspecified atom stereocenters. The van der Waals surface area contributed by atoms with Crippen LogP contribution in [0.1, 0.15) is 5.56 Å². The Hall–Kier alpha value is -1.58. The zero-order chi connectivity index (χ0) is 15.2. The Morgan fingerprint density at radius 1 is 1.43 bits per heavy atom. The Morgan fingerprint density at radius 2 is 2.19 bits per heavy atom. The van der Waals surface area contributed by atoms with E-state index in [2.05, 4.69) is 5.32 Å². The third-order valence-electron chi connectivity index (χ3n) is 3.44. The van der Waals surface area contributed by atoms with Crippen molar-refractivity contribution in [1.82, 2.24) is 4.31 Å². The monoisotopic (exact) mass is 328 g/mol. The third-order valence-corrected chi connectivity index (χ3v) is 6.46. The van der Waals surface area contributed by atoms with Gasteiger partial charge in [0.2, 0.25) is 15.9 Å². The molecule has 9 heteroatoms. The standard InChI is InChI=1S/C12H12N2O5S2/c15-11-4-7-3-8(1-2-9(7)13-11)21(18,19)14-6-20-5-10(14)12(16)17/h1-3,10H,4-6H2,(H,13,15)(H,16,17)/t10-/m0/s1.